The highest BCUT2D eigenvalue weighted by Crippen LogP contribution is 2.27. The van der Waals surface area contributed by atoms with E-state index >= 15 is 0 Å². The third-order valence-corrected chi connectivity index (χ3v) is 6.35. The van der Waals surface area contributed by atoms with Gasteiger partial charge in [0.05, 0.1) is 11.8 Å². The number of carbonyl (C=O) groups is 1. The van der Waals surface area contributed by atoms with Crippen LogP contribution < -0.4 is 10.6 Å². The number of anilines is 1. The number of aromatic nitrogens is 2. The average molecular weight is 443 g/mol. The molecule has 0 aliphatic heterocycles. The highest BCUT2D eigenvalue weighted by Gasteiger charge is 2.15. The van der Waals surface area contributed by atoms with Gasteiger partial charge in [0.2, 0.25) is 11.0 Å². The smallest absolute Gasteiger partial charge is 0.231 e. The minimum absolute atomic E-state index is 0.107. The predicted octanol–water partition coefficient (Wildman–Crippen LogP) is 5.01. The number of hydrogen-bond acceptors (Lipinski definition) is 7. The van der Waals surface area contributed by atoms with Crippen LogP contribution in [0.5, 0.6) is 0 Å². The highest BCUT2D eigenvalue weighted by molar-refractivity contribution is 8.01. The van der Waals surface area contributed by atoms with E-state index in [1.807, 2.05) is 37.3 Å². The molecule has 0 aliphatic rings. The maximum atomic E-state index is 12.9. The third-order valence-electron chi connectivity index (χ3n) is 4.34. The molecule has 154 valence electrons. The quantitative estimate of drug-likeness (QED) is 0.374. The number of amides is 1. The van der Waals surface area contributed by atoms with E-state index in [0.717, 1.165) is 22.3 Å². The third kappa shape index (κ3) is 5.17. The van der Waals surface area contributed by atoms with Crippen LogP contribution in [-0.2, 0) is 11.3 Å². The van der Waals surface area contributed by atoms with Crippen LogP contribution in [0.15, 0.2) is 63.4 Å². The number of fused-ring (bicyclic) bond motifs is 1. The summed E-state index contributed by atoms with van der Waals surface area (Å²) in [6, 6.07) is 15.7. The Morgan fingerprint density at radius 1 is 1.20 bits per heavy atom. The molecule has 0 saturated carbocycles. The Morgan fingerprint density at radius 2 is 2.00 bits per heavy atom. The molecule has 2 aromatic carbocycles. The zero-order valence-corrected chi connectivity index (χ0v) is 17.7. The average Bonchev–Trinajstić information content (AvgIpc) is 3.39. The number of hydrogen-bond donors (Lipinski definition) is 2. The van der Waals surface area contributed by atoms with Crippen molar-refractivity contribution in [2.75, 3.05) is 11.1 Å². The molecule has 2 aromatic heterocycles. The molecule has 0 spiro atoms. The van der Waals surface area contributed by atoms with E-state index in [0.29, 0.717) is 16.0 Å². The molecule has 1 unspecified atom stereocenters. The first-order chi connectivity index (χ1) is 14.6. The van der Waals surface area contributed by atoms with E-state index in [-0.39, 0.29) is 23.5 Å². The van der Waals surface area contributed by atoms with Crippen molar-refractivity contribution in [3.63, 3.8) is 0 Å². The summed E-state index contributed by atoms with van der Waals surface area (Å²) in [5, 5.41) is 15.9. The summed E-state index contributed by atoms with van der Waals surface area (Å²) in [4.78, 5) is 12.3. The normalized spacial score (nSPS) is 12.1. The summed E-state index contributed by atoms with van der Waals surface area (Å²) in [5.41, 5.74) is 1.75. The van der Waals surface area contributed by atoms with Crippen molar-refractivity contribution in [3.05, 3.63) is 71.7 Å². The number of thioether (sulfide) groups is 1. The highest BCUT2D eigenvalue weighted by atomic mass is 32.2. The molecule has 9 heteroatoms. The van der Waals surface area contributed by atoms with Crippen molar-refractivity contribution in [1.82, 2.24) is 15.5 Å². The fourth-order valence-electron chi connectivity index (χ4n) is 2.82. The molecule has 0 fully saturated rings. The van der Waals surface area contributed by atoms with Gasteiger partial charge in [0.1, 0.15) is 17.2 Å². The number of halogens is 1. The van der Waals surface area contributed by atoms with Crippen LogP contribution in [0.2, 0.25) is 0 Å². The van der Waals surface area contributed by atoms with Crippen LogP contribution in [0.1, 0.15) is 24.3 Å². The van der Waals surface area contributed by atoms with Crippen molar-refractivity contribution in [3.8, 4) is 0 Å². The molecule has 1 amide bonds. The van der Waals surface area contributed by atoms with Crippen molar-refractivity contribution in [1.29, 1.82) is 0 Å². The summed E-state index contributed by atoms with van der Waals surface area (Å²) >= 11 is 2.70. The van der Waals surface area contributed by atoms with Gasteiger partial charge in [-0.3, -0.25) is 4.79 Å². The van der Waals surface area contributed by atoms with Gasteiger partial charge in [0.15, 0.2) is 4.34 Å². The van der Waals surface area contributed by atoms with E-state index in [4.69, 9.17) is 4.42 Å². The van der Waals surface area contributed by atoms with Crippen LogP contribution in [0.3, 0.4) is 0 Å². The first-order valence-corrected chi connectivity index (χ1v) is 11.1. The molecule has 1 atom stereocenters. The molecule has 6 nitrogen and oxygen atoms in total. The largest absolute Gasteiger partial charge is 0.459 e. The maximum absolute atomic E-state index is 12.9. The standard InChI is InChI=1S/C21H19FN4O2S2/c1-13(18-10-15-4-2-3-5-17(15)28-18)24-19(27)12-29-21-26-25-20(30-21)23-11-14-6-8-16(22)9-7-14/h2-10,13H,11-12H2,1H3,(H,23,25)(H,24,27). The number of para-hydroxylation sites is 1. The minimum atomic E-state index is -0.263. The Kier molecular flexibility index (Phi) is 6.29. The zero-order chi connectivity index (χ0) is 20.9. The van der Waals surface area contributed by atoms with E-state index in [9.17, 15) is 9.18 Å². The van der Waals surface area contributed by atoms with Gasteiger partial charge < -0.3 is 15.1 Å². The Hall–Kier alpha value is -2.91. The first-order valence-electron chi connectivity index (χ1n) is 9.29. The Bertz CT molecular complexity index is 1110. The van der Waals surface area contributed by atoms with Crippen LogP contribution in [-0.4, -0.2) is 21.9 Å². The number of benzene rings is 2. The molecule has 0 radical (unpaired) electrons. The summed E-state index contributed by atoms with van der Waals surface area (Å²) < 4.78 is 19.4. The van der Waals surface area contributed by atoms with Gasteiger partial charge in [-0.25, -0.2) is 4.39 Å². The number of rotatable bonds is 8. The first kappa shape index (κ1) is 20.4. The van der Waals surface area contributed by atoms with Gasteiger partial charge >= 0.3 is 0 Å². The molecular formula is C21H19FN4O2S2. The summed E-state index contributed by atoms with van der Waals surface area (Å²) in [7, 11) is 0. The monoisotopic (exact) mass is 442 g/mol. The van der Waals surface area contributed by atoms with Crippen molar-refractivity contribution in [2.45, 2.75) is 23.8 Å². The lowest BCUT2D eigenvalue weighted by Crippen LogP contribution is -2.27. The summed E-state index contributed by atoms with van der Waals surface area (Å²) in [6.07, 6.45) is 0. The SMILES string of the molecule is CC(NC(=O)CSc1nnc(NCc2ccc(F)cc2)s1)c1cc2ccccc2o1. The van der Waals surface area contributed by atoms with E-state index < -0.39 is 0 Å². The molecule has 30 heavy (non-hydrogen) atoms. The second kappa shape index (κ2) is 9.27. The second-order valence-corrected chi connectivity index (χ2v) is 8.82. The second-order valence-electron chi connectivity index (χ2n) is 6.62. The summed E-state index contributed by atoms with van der Waals surface area (Å²) in [6.45, 7) is 2.41. The number of nitrogens with zero attached hydrogens (tertiary/aromatic N) is 2. The Labute approximate surface area is 180 Å². The zero-order valence-electron chi connectivity index (χ0n) is 16.1. The maximum Gasteiger partial charge on any atom is 0.231 e. The number of carbonyl (C=O) groups excluding carboxylic acids is 1. The summed E-state index contributed by atoms with van der Waals surface area (Å²) in [5.74, 6) is 0.583. The van der Waals surface area contributed by atoms with Crippen LogP contribution in [0, 0.1) is 5.82 Å². The lowest BCUT2D eigenvalue weighted by atomic mass is 10.2. The van der Waals surface area contributed by atoms with E-state index in [1.54, 1.807) is 12.1 Å². The van der Waals surface area contributed by atoms with Crippen molar-refractivity contribution >= 4 is 45.1 Å². The fourth-order valence-corrected chi connectivity index (χ4v) is 4.38. The predicted molar refractivity (Wildman–Crippen MR) is 117 cm³/mol. The van der Waals surface area contributed by atoms with Crippen molar-refractivity contribution in [2.24, 2.45) is 0 Å². The Morgan fingerprint density at radius 3 is 2.80 bits per heavy atom. The molecule has 0 saturated heterocycles. The molecular weight excluding hydrogens is 423 g/mol. The lowest BCUT2D eigenvalue weighted by molar-refractivity contribution is -0.119. The molecule has 2 N–H and O–H groups in total. The van der Waals surface area contributed by atoms with Crippen LogP contribution in [0.4, 0.5) is 9.52 Å². The van der Waals surface area contributed by atoms with Crippen LogP contribution >= 0.6 is 23.1 Å². The molecule has 2 heterocycles. The van der Waals surface area contributed by atoms with Gasteiger partial charge in [0.25, 0.3) is 0 Å². The van der Waals surface area contributed by atoms with E-state index in [1.165, 1.54) is 35.2 Å². The topological polar surface area (TPSA) is 80.0 Å². The minimum Gasteiger partial charge on any atom is -0.459 e. The molecule has 0 bridgehead atoms. The molecule has 0 aliphatic carbocycles. The fraction of sp³-hybridized carbons (Fsp3) is 0.190. The lowest BCUT2D eigenvalue weighted by Gasteiger charge is -2.10. The molecule has 4 rings (SSSR count). The van der Waals surface area contributed by atoms with E-state index in [2.05, 4.69) is 20.8 Å². The van der Waals surface area contributed by atoms with Gasteiger partial charge in [-0.15, -0.1) is 10.2 Å². The number of nitrogens with one attached hydrogen (secondary N) is 2. The molecule has 4 aromatic rings. The van der Waals surface area contributed by atoms with Crippen LogP contribution in [0.25, 0.3) is 11.0 Å². The Balaban J connectivity index is 1.25. The van der Waals surface area contributed by atoms with Gasteiger partial charge in [-0.2, -0.15) is 0 Å². The van der Waals surface area contributed by atoms with Crippen molar-refractivity contribution < 1.29 is 13.6 Å². The number of furan rings is 1. The van der Waals surface area contributed by atoms with Gasteiger partial charge in [-0.05, 0) is 36.8 Å². The van der Waals surface area contributed by atoms with Gasteiger partial charge in [0, 0.05) is 11.9 Å². The van der Waals surface area contributed by atoms with Gasteiger partial charge in [-0.1, -0.05) is 53.4 Å².